The third-order valence-corrected chi connectivity index (χ3v) is 5.79. The van der Waals surface area contributed by atoms with Crippen LogP contribution in [-0.2, 0) is 10.0 Å². The van der Waals surface area contributed by atoms with Gasteiger partial charge in [0.05, 0.1) is 10.6 Å². The van der Waals surface area contributed by atoms with Gasteiger partial charge in [-0.2, -0.15) is 0 Å². The van der Waals surface area contributed by atoms with Gasteiger partial charge in [0, 0.05) is 24.7 Å². The maximum atomic E-state index is 12.8. The summed E-state index contributed by atoms with van der Waals surface area (Å²) in [7, 11) is -3.58. The fourth-order valence-electron chi connectivity index (χ4n) is 2.93. The van der Waals surface area contributed by atoms with Crippen LogP contribution in [0.3, 0.4) is 0 Å². The highest BCUT2D eigenvalue weighted by molar-refractivity contribution is 7.89. The first-order chi connectivity index (χ1) is 12.4. The van der Waals surface area contributed by atoms with Crippen LogP contribution >= 0.6 is 0 Å². The summed E-state index contributed by atoms with van der Waals surface area (Å²) in [5, 5.41) is 3.87. The molecule has 144 valence electrons. The van der Waals surface area contributed by atoms with Crippen molar-refractivity contribution in [2.75, 3.05) is 26.2 Å². The zero-order chi connectivity index (χ0) is 19.2. The van der Waals surface area contributed by atoms with Crippen molar-refractivity contribution in [2.24, 2.45) is 0 Å². The van der Waals surface area contributed by atoms with Crippen LogP contribution in [0.25, 0.3) is 11.3 Å². The second-order valence-corrected chi connectivity index (χ2v) is 8.29. The summed E-state index contributed by atoms with van der Waals surface area (Å²) >= 11 is 0. The maximum absolute atomic E-state index is 12.8. The molecule has 2 aromatic rings. The topological polar surface area (TPSA) is 75.4 Å². The average molecular weight is 380 g/mol. The molecule has 26 heavy (non-hydrogen) atoms. The highest BCUT2D eigenvalue weighted by Gasteiger charge is 2.19. The van der Waals surface area contributed by atoms with Crippen molar-refractivity contribution in [3.05, 3.63) is 35.5 Å². The Labute approximate surface area is 156 Å². The third kappa shape index (κ3) is 5.40. The number of sulfonamides is 1. The van der Waals surface area contributed by atoms with E-state index in [1.807, 2.05) is 13.0 Å². The number of nitrogens with zero attached hydrogens (tertiary/aromatic N) is 2. The molecule has 0 spiro atoms. The summed E-state index contributed by atoms with van der Waals surface area (Å²) in [6.45, 7) is 11.0. The maximum Gasteiger partial charge on any atom is 0.240 e. The molecule has 1 N–H and O–H groups in total. The van der Waals surface area contributed by atoms with E-state index in [2.05, 4.69) is 28.6 Å². The molecule has 0 saturated carbocycles. The second-order valence-electron chi connectivity index (χ2n) is 6.55. The average Bonchev–Trinajstić information content (AvgIpc) is 3.02. The largest absolute Gasteiger partial charge is 0.356 e. The highest BCUT2D eigenvalue weighted by Crippen LogP contribution is 2.25. The van der Waals surface area contributed by atoms with Gasteiger partial charge in [0.15, 0.2) is 5.76 Å². The number of hydrogen-bond acceptors (Lipinski definition) is 5. The van der Waals surface area contributed by atoms with E-state index in [0.717, 1.165) is 31.6 Å². The monoisotopic (exact) mass is 379 g/mol. The molecule has 7 heteroatoms. The van der Waals surface area contributed by atoms with E-state index >= 15 is 0 Å². The molecule has 0 bridgehead atoms. The smallest absolute Gasteiger partial charge is 0.240 e. The van der Waals surface area contributed by atoms with Crippen molar-refractivity contribution in [1.82, 2.24) is 14.8 Å². The molecule has 1 aromatic carbocycles. The van der Waals surface area contributed by atoms with Gasteiger partial charge in [-0.25, -0.2) is 13.1 Å². The van der Waals surface area contributed by atoms with E-state index in [4.69, 9.17) is 4.52 Å². The van der Waals surface area contributed by atoms with Gasteiger partial charge in [-0.05, 0) is 51.4 Å². The van der Waals surface area contributed by atoms with Crippen LogP contribution in [0.2, 0.25) is 0 Å². The molecule has 0 aliphatic carbocycles. The molecular formula is C19H29N3O3S. The van der Waals surface area contributed by atoms with Crippen LogP contribution in [0.5, 0.6) is 0 Å². The van der Waals surface area contributed by atoms with Crippen molar-refractivity contribution < 1.29 is 12.9 Å². The first kappa shape index (κ1) is 20.6. The minimum absolute atomic E-state index is 0.279. The Hall–Kier alpha value is -1.70. The van der Waals surface area contributed by atoms with Gasteiger partial charge in [-0.15, -0.1) is 0 Å². The van der Waals surface area contributed by atoms with E-state index in [9.17, 15) is 8.42 Å². The Bertz CT molecular complexity index is 809. The van der Waals surface area contributed by atoms with Gasteiger partial charge in [0.1, 0.15) is 0 Å². The van der Waals surface area contributed by atoms with Gasteiger partial charge < -0.3 is 9.42 Å². The SMILES string of the molecule is CCCN(CCC)CCNS(=O)(=O)c1cc(-c2cc(C)no2)ccc1C. The molecule has 0 atom stereocenters. The summed E-state index contributed by atoms with van der Waals surface area (Å²) in [5.41, 5.74) is 2.17. The Morgan fingerprint density at radius 1 is 1.08 bits per heavy atom. The van der Waals surface area contributed by atoms with Crippen LogP contribution < -0.4 is 4.72 Å². The highest BCUT2D eigenvalue weighted by atomic mass is 32.2. The quantitative estimate of drug-likeness (QED) is 0.685. The number of benzene rings is 1. The van der Waals surface area contributed by atoms with E-state index in [1.54, 1.807) is 25.1 Å². The number of aryl methyl sites for hydroxylation is 2. The molecule has 0 aliphatic heterocycles. The molecule has 0 unspecified atom stereocenters. The number of hydrogen-bond donors (Lipinski definition) is 1. The van der Waals surface area contributed by atoms with E-state index in [0.29, 0.717) is 30.0 Å². The first-order valence-corrected chi connectivity index (χ1v) is 10.6. The summed E-state index contributed by atoms with van der Waals surface area (Å²) in [4.78, 5) is 2.56. The molecule has 2 rings (SSSR count). The predicted molar refractivity (Wildman–Crippen MR) is 104 cm³/mol. The Morgan fingerprint density at radius 2 is 1.77 bits per heavy atom. The normalized spacial score (nSPS) is 12.0. The van der Waals surface area contributed by atoms with Gasteiger partial charge in [0.25, 0.3) is 0 Å². The Morgan fingerprint density at radius 3 is 2.35 bits per heavy atom. The van der Waals surface area contributed by atoms with Crippen LogP contribution in [0.4, 0.5) is 0 Å². The summed E-state index contributed by atoms with van der Waals surface area (Å²) in [5.74, 6) is 0.566. The van der Waals surface area contributed by atoms with Gasteiger partial charge >= 0.3 is 0 Å². The molecule has 0 amide bonds. The molecule has 0 saturated heterocycles. The standard InChI is InChI=1S/C19H29N3O3S/c1-5-10-22(11-6-2)12-9-20-26(23,24)19-14-17(8-7-15(19)3)18-13-16(4)21-25-18/h7-8,13-14,20H,5-6,9-12H2,1-4H3. The minimum Gasteiger partial charge on any atom is -0.356 e. The molecule has 1 aromatic heterocycles. The van der Waals surface area contributed by atoms with E-state index in [1.165, 1.54) is 0 Å². The zero-order valence-corrected chi connectivity index (χ0v) is 16.9. The van der Waals surface area contributed by atoms with E-state index < -0.39 is 10.0 Å². The number of aromatic nitrogens is 1. The lowest BCUT2D eigenvalue weighted by Gasteiger charge is -2.21. The van der Waals surface area contributed by atoms with Crippen molar-refractivity contribution in [1.29, 1.82) is 0 Å². The Kier molecular flexibility index (Phi) is 7.37. The van der Waals surface area contributed by atoms with Crippen LogP contribution in [0.1, 0.15) is 37.9 Å². The molecule has 6 nitrogen and oxygen atoms in total. The second kappa shape index (κ2) is 9.30. The zero-order valence-electron chi connectivity index (χ0n) is 16.1. The van der Waals surface area contributed by atoms with E-state index in [-0.39, 0.29) is 4.90 Å². The fourth-order valence-corrected chi connectivity index (χ4v) is 4.22. The molecule has 0 radical (unpaired) electrons. The summed E-state index contributed by atoms with van der Waals surface area (Å²) in [6.07, 6.45) is 2.12. The predicted octanol–water partition coefficient (Wildman–Crippen LogP) is 3.36. The summed E-state index contributed by atoms with van der Waals surface area (Å²) in [6, 6.07) is 7.08. The van der Waals surface area contributed by atoms with Crippen LogP contribution in [-0.4, -0.2) is 44.7 Å². The number of rotatable bonds is 10. The fraction of sp³-hybridized carbons (Fsp3) is 0.526. The van der Waals surface area contributed by atoms with Crippen molar-refractivity contribution in [3.8, 4) is 11.3 Å². The molecular weight excluding hydrogens is 350 g/mol. The molecule has 0 aliphatic rings. The molecule has 1 heterocycles. The van der Waals surface area contributed by atoms with Gasteiger partial charge in [-0.3, -0.25) is 0 Å². The third-order valence-electron chi connectivity index (χ3n) is 4.19. The number of nitrogens with one attached hydrogen (secondary N) is 1. The lowest BCUT2D eigenvalue weighted by molar-refractivity contribution is 0.279. The first-order valence-electron chi connectivity index (χ1n) is 9.13. The van der Waals surface area contributed by atoms with Crippen LogP contribution in [0.15, 0.2) is 33.7 Å². The van der Waals surface area contributed by atoms with Crippen molar-refractivity contribution in [3.63, 3.8) is 0 Å². The Balaban J connectivity index is 2.12. The minimum atomic E-state index is -3.58. The van der Waals surface area contributed by atoms with Gasteiger partial charge in [0.2, 0.25) is 10.0 Å². The molecule has 0 fully saturated rings. The van der Waals surface area contributed by atoms with Crippen LogP contribution in [0, 0.1) is 13.8 Å². The van der Waals surface area contributed by atoms with Crippen molar-refractivity contribution >= 4 is 10.0 Å². The lowest BCUT2D eigenvalue weighted by atomic mass is 10.1. The van der Waals surface area contributed by atoms with Gasteiger partial charge in [-0.1, -0.05) is 31.1 Å². The summed E-state index contributed by atoms with van der Waals surface area (Å²) < 4.78 is 33.5. The van der Waals surface area contributed by atoms with Crippen molar-refractivity contribution in [2.45, 2.75) is 45.4 Å². The lowest BCUT2D eigenvalue weighted by Crippen LogP contribution is -2.36.